The second kappa shape index (κ2) is 9.66. The Balaban J connectivity index is 1.38. The summed E-state index contributed by atoms with van der Waals surface area (Å²) in [4.78, 5) is 21.1. The summed E-state index contributed by atoms with van der Waals surface area (Å²) >= 11 is 5.71. The summed E-state index contributed by atoms with van der Waals surface area (Å²) in [5.74, 6) is 1.66. The zero-order chi connectivity index (χ0) is 20.9. The molecule has 2 fully saturated rings. The average molecular weight is 427 g/mol. The Morgan fingerprint density at radius 2 is 2.00 bits per heavy atom. The molecule has 160 valence electrons. The first kappa shape index (κ1) is 20.9. The molecule has 0 spiro atoms. The zero-order valence-corrected chi connectivity index (χ0v) is 18.3. The van der Waals surface area contributed by atoms with Crippen LogP contribution in [0.3, 0.4) is 0 Å². The van der Waals surface area contributed by atoms with E-state index in [1.807, 2.05) is 38.6 Å². The van der Waals surface area contributed by atoms with Gasteiger partial charge in [-0.3, -0.25) is 19.2 Å². The van der Waals surface area contributed by atoms with E-state index < -0.39 is 0 Å². The number of piperidine rings is 1. The highest BCUT2D eigenvalue weighted by atomic mass is 32.1. The van der Waals surface area contributed by atoms with E-state index >= 15 is 0 Å². The maximum absolute atomic E-state index is 12.4. The third-order valence-corrected chi connectivity index (χ3v) is 6.55. The third-order valence-electron chi connectivity index (χ3n) is 6.12. The number of hydrogen-bond acceptors (Lipinski definition) is 5. The Kier molecular flexibility index (Phi) is 6.74. The predicted octanol–water partition coefficient (Wildman–Crippen LogP) is 3.34. The van der Waals surface area contributed by atoms with Gasteiger partial charge >= 0.3 is 0 Å². The minimum atomic E-state index is 0.345. The lowest BCUT2D eigenvalue weighted by molar-refractivity contribution is -0.131. The molecule has 2 aliphatic heterocycles. The van der Waals surface area contributed by atoms with E-state index in [1.165, 1.54) is 0 Å². The summed E-state index contributed by atoms with van der Waals surface area (Å²) in [6, 6.07) is 3.90. The van der Waals surface area contributed by atoms with Crippen molar-refractivity contribution in [3.8, 4) is 11.4 Å². The van der Waals surface area contributed by atoms with Gasteiger partial charge in [-0.15, -0.1) is 6.58 Å². The van der Waals surface area contributed by atoms with Crippen molar-refractivity contribution in [2.45, 2.75) is 45.3 Å². The fraction of sp³-hybridized carbons (Fsp3) is 0.545. The molecule has 0 aromatic carbocycles. The highest BCUT2D eigenvalue weighted by Crippen LogP contribution is 2.24. The highest BCUT2D eigenvalue weighted by molar-refractivity contribution is 7.71. The Labute approximate surface area is 183 Å². The molecule has 1 amide bonds. The van der Waals surface area contributed by atoms with Crippen LogP contribution in [0.5, 0.6) is 0 Å². The fourth-order valence-electron chi connectivity index (χ4n) is 4.40. The number of rotatable bonds is 7. The summed E-state index contributed by atoms with van der Waals surface area (Å²) in [6.45, 7) is 8.97. The molecular formula is C22H30N6OS. The van der Waals surface area contributed by atoms with Gasteiger partial charge in [0.25, 0.3) is 0 Å². The van der Waals surface area contributed by atoms with Gasteiger partial charge in [-0.25, -0.2) is 4.68 Å². The molecule has 2 aliphatic rings. The van der Waals surface area contributed by atoms with Crippen LogP contribution < -0.4 is 0 Å². The van der Waals surface area contributed by atoms with Gasteiger partial charge in [0.2, 0.25) is 5.91 Å². The SMILES string of the molecule is C=CCn1c(-c2cccnc2)nn(CN2CCC(CC(=O)N3CCCC3)CC2)c1=S. The van der Waals surface area contributed by atoms with Gasteiger partial charge in [-0.05, 0) is 56.0 Å². The van der Waals surface area contributed by atoms with Crippen LogP contribution in [0, 0.1) is 10.7 Å². The molecule has 2 aromatic rings. The van der Waals surface area contributed by atoms with Crippen molar-refractivity contribution in [3.63, 3.8) is 0 Å². The number of hydrogen-bond donors (Lipinski definition) is 0. The van der Waals surface area contributed by atoms with Gasteiger partial charge in [0.05, 0.1) is 6.67 Å². The number of allylic oxidation sites excluding steroid dienone is 1. The van der Waals surface area contributed by atoms with Crippen molar-refractivity contribution < 1.29 is 4.79 Å². The van der Waals surface area contributed by atoms with Gasteiger partial charge in [0, 0.05) is 57.1 Å². The van der Waals surface area contributed by atoms with Crippen LogP contribution in [-0.2, 0) is 18.0 Å². The van der Waals surface area contributed by atoms with Gasteiger partial charge in [-0.1, -0.05) is 6.08 Å². The summed E-state index contributed by atoms with van der Waals surface area (Å²) in [5, 5.41) is 4.80. The third kappa shape index (κ3) is 4.70. The molecular weight excluding hydrogens is 396 g/mol. The normalized spacial score (nSPS) is 18.1. The lowest BCUT2D eigenvalue weighted by Gasteiger charge is -2.32. The van der Waals surface area contributed by atoms with Gasteiger partial charge in [-0.2, -0.15) is 5.10 Å². The Morgan fingerprint density at radius 3 is 2.67 bits per heavy atom. The number of aromatic nitrogens is 4. The molecule has 0 aliphatic carbocycles. The first-order chi connectivity index (χ1) is 14.7. The van der Waals surface area contributed by atoms with Crippen LogP contribution in [0.4, 0.5) is 0 Å². The number of pyridine rings is 1. The molecule has 7 nitrogen and oxygen atoms in total. The number of amides is 1. The van der Waals surface area contributed by atoms with E-state index in [0.29, 0.717) is 36.2 Å². The molecule has 0 radical (unpaired) electrons. The maximum Gasteiger partial charge on any atom is 0.222 e. The summed E-state index contributed by atoms with van der Waals surface area (Å²) in [7, 11) is 0. The molecule has 8 heteroatoms. The molecule has 2 aromatic heterocycles. The minimum absolute atomic E-state index is 0.345. The van der Waals surface area contributed by atoms with E-state index in [-0.39, 0.29) is 0 Å². The van der Waals surface area contributed by atoms with Crippen LogP contribution in [0.2, 0.25) is 0 Å². The molecule has 4 heterocycles. The van der Waals surface area contributed by atoms with Crippen LogP contribution >= 0.6 is 12.2 Å². The van der Waals surface area contributed by atoms with Crippen LogP contribution in [0.1, 0.15) is 32.1 Å². The fourth-order valence-corrected chi connectivity index (χ4v) is 4.66. The zero-order valence-electron chi connectivity index (χ0n) is 17.4. The quantitative estimate of drug-likeness (QED) is 0.502. The molecule has 0 atom stereocenters. The van der Waals surface area contributed by atoms with Crippen LogP contribution in [0.15, 0.2) is 37.2 Å². The molecule has 0 bridgehead atoms. The maximum atomic E-state index is 12.4. The van der Waals surface area contributed by atoms with E-state index in [1.54, 1.807) is 6.20 Å². The molecule has 30 heavy (non-hydrogen) atoms. The predicted molar refractivity (Wildman–Crippen MR) is 119 cm³/mol. The number of carbonyl (C=O) groups is 1. The topological polar surface area (TPSA) is 59.2 Å². The monoisotopic (exact) mass is 426 g/mol. The van der Waals surface area contributed by atoms with E-state index in [9.17, 15) is 4.79 Å². The smallest absolute Gasteiger partial charge is 0.222 e. The minimum Gasteiger partial charge on any atom is -0.343 e. The van der Waals surface area contributed by atoms with Gasteiger partial charge < -0.3 is 4.90 Å². The number of nitrogens with zero attached hydrogens (tertiary/aromatic N) is 6. The largest absolute Gasteiger partial charge is 0.343 e. The second-order valence-electron chi connectivity index (χ2n) is 8.24. The summed E-state index contributed by atoms with van der Waals surface area (Å²) in [6.07, 6.45) is 10.5. The lowest BCUT2D eigenvalue weighted by atomic mass is 9.93. The first-order valence-corrected chi connectivity index (χ1v) is 11.3. The Morgan fingerprint density at radius 1 is 1.23 bits per heavy atom. The molecule has 0 saturated carbocycles. The Hall–Kier alpha value is -2.32. The standard InChI is InChI=1S/C22H30N6OS/c1-2-10-27-21(19-6-5-9-23-16-19)24-28(22(27)30)17-25-13-7-18(8-14-25)15-20(29)26-11-3-4-12-26/h2,5-6,9,16,18H,1,3-4,7-8,10-15,17H2. The van der Waals surface area contributed by atoms with Crippen molar-refractivity contribution in [2.75, 3.05) is 26.2 Å². The molecule has 4 rings (SSSR count). The van der Waals surface area contributed by atoms with Gasteiger partial charge in [0.15, 0.2) is 10.6 Å². The van der Waals surface area contributed by atoms with Gasteiger partial charge in [0.1, 0.15) is 0 Å². The van der Waals surface area contributed by atoms with E-state index in [2.05, 4.69) is 16.5 Å². The van der Waals surface area contributed by atoms with Crippen molar-refractivity contribution in [1.82, 2.24) is 29.1 Å². The second-order valence-corrected chi connectivity index (χ2v) is 8.61. The van der Waals surface area contributed by atoms with Crippen molar-refractivity contribution in [1.29, 1.82) is 0 Å². The Bertz CT molecular complexity index is 923. The average Bonchev–Trinajstić information content (AvgIpc) is 3.41. The lowest BCUT2D eigenvalue weighted by Crippen LogP contribution is -2.37. The van der Waals surface area contributed by atoms with Crippen LogP contribution in [-0.4, -0.2) is 61.2 Å². The van der Waals surface area contributed by atoms with Crippen molar-refractivity contribution in [2.24, 2.45) is 5.92 Å². The van der Waals surface area contributed by atoms with Crippen LogP contribution in [0.25, 0.3) is 11.4 Å². The van der Waals surface area contributed by atoms with Crippen molar-refractivity contribution in [3.05, 3.63) is 42.0 Å². The molecule has 0 N–H and O–H groups in total. The van der Waals surface area contributed by atoms with E-state index in [0.717, 1.165) is 63.3 Å². The first-order valence-electron chi connectivity index (χ1n) is 10.8. The van der Waals surface area contributed by atoms with E-state index in [4.69, 9.17) is 17.3 Å². The number of likely N-dealkylation sites (tertiary alicyclic amines) is 2. The highest BCUT2D eigenvalue weighted by Gasteiger charge is 2.26. The molecule has 0 unspecified atom stereocenters. The summed E-state index contributed by atoms with van der Waals surface area (Å²) < 4.78 is 4.60. The summed E-state index contributed by atoms with van der Waals surface area (Å²) in [5.41, 5.74) is 0.948. The number of carbonyl (C=O) groups excluding carboxylic acids is 1. The van der Waals surface area contributed by atoms with Crippen molar-refractivity contribution >= 4 is 18.1 Å². The molecule has 2 saturated heterocycles.